The molecule has 0 radical (unpaired) electrons. The molecule has 1 aromatic heterocycles. The zero-order valence-corrected chi connectivity index (χ0v) is 12.6. The fourth-order valence-corrected chi connectivity index (χ4v) is 3.48. The van der Waals surface area contributed by atoms with Gasteiger partial charge in [-0.15, -0.1) is 0 Å². The number of hydrogen-bond acceptors (Lipinski definition) is 5. The summed E-state index contributed by atoms with van der Waals surface area (Å²) in [5.41, 5.74) is 2.79. The lowest BCUT2D eigenvalue weighted by molar-refractivity contribution is 0.193. The van der Waals surface area contributed by atoms with Crippen LogP contribution >= 0.6 is 0 Å². The Balaban J connectivity index is 2.16. The van der Waals surface area contributed by atoms with Crippen molar-refractivity contribution in [2.75, 3.05) is 32.6 Å². The summed E-state index contributed by atoms with van der Waals surface area (Å²) in [5, 5.41) is 17.6. The third kappa shape index (κ3) is 2.13. The molecule has 2 heterocycles. The summed E-state index contributed by atoms with van der Waals surface area (Å²) in [6, 6.07) is 8.14. The number of para-hydroxylation sites is 1. The predicted octanol–water partition coefficient (Wildman–Crippen LogP) is 1.94. The number of benzene rings is 1. The SMILES string of the molecule is Cc1oncc1C1(CN(C)C)Nc2ccccc2C1CO. The molecule has 5 nitrogen and oxygen atoms in total. The van der Waals surface area contributed by atoms with Gasteiger partial charge in [0, 0.05) is 23.7 Å². The average molecular weight is 287 g/mol. The van der Waals surface area contributed by atoms with Crippen molar-refractivity contribution in [1.82, 2.24) is 10.1 Å². The molecule has 0 aliphatic carbocycles. The molecule has 0 saturated carbocycles. The van der Waals surface area contributed by atoms with E-state index in [0.29, 0.717) is 0 Å². The van der Waals surface area contributed by atoms with Gasteiger partial charge >= 0.3 is 0 Å². The Kier molecular flexibility index (Phi) is 3.47. The molecule has 1 aromatic carbocycles. The van der Waals surface area contributed by atoms with Crippen LogP contribution in [0.4, 0.5) is 5.69 Å². The van der Waals surface area contributed by atoms with E-state index < -0.39 is 5.54 Å². The predicted molar refractivity (Wildman–Crippen MR) is 81.4 cm³/mol. The zero-order valence-electron chi connectivity index (χ0n) is 12.6. The van der Waals surface area contributed by atoms with Gasteiger partial charge in [-0.05, 0) is 32.6 Å². The monoisotopic (exact) mass is 287 g/mol. The topological polar surface area (TPSA) is 61.5 Å². The van der Waals surface area contributed by atoms with Crippen molar-refractivity contribution in [3.63, 3.8) is 0 Å². The number of aliphatic hydroxyl groups is 1. The third-order valence-electron chi connectivity index (χ3n) is 4.27. The van der Waals surface area contributed by atoms with Gasteiger partial charge in [-0.2, -0.15) is 0 Å². The second-order valence-electron chi connectivity index (χ2n) is 5.95. The number of rotatable bonds is 4. The maximum Gasteiger partial charge on any atom is 0.139 e. The normalized spacial score (nSPS) is 24.1. The lowest BCUT2D eigenvalue weighted by Crippen LogP contribution is -2.46. The van der Waals surface area contributed by atoms with E-state index in [-0.39, 0.29) is 12.5 Å². The van der Waals surface area contributed by atoms with Crippen molar-refractivity contribution in [1.29, 1.82) is 0 Å². The van der Waals surface area contributed by atoms with Gasteiger partial charge in [-0.1, -0.05) is 23.4 Å². The van der Waals surface area contributed by atoms with Crippen LogP contribution < -0.4 is 5.32 Å². The molecule has 21 heavy (non-hydrogen) atoms. The van der Waals surface area contributed by atoms with Crippen molar-refractivity contribution in [3.05, 3.63) is 47.3 Å². The van der Waals surface area contributed by atoms with E-state index in [1.165, 1.54) is 0 Å². The summed E-state index contributed by atoms with van der Waals surface area (Å²) >= 11 is 0. The Bertz CT molecular complexity index is 638. The minimum Gasteiger partial charge on any atom is -0.396 e. The van der Waals surface area contributed by atoms with Crippen LogP contribution in [0, 0.1) is 6.92 Å². The molecule has 112 valence electrons. The second kappa shape index (κ2) is 5.16. The highest BCUT2D eigenvalue weighted by Gasteiger charge is 2.49. The van der Waals surface area contributed by atoms with Crippen molar-refractivity contribution in [3.8, 4) is 0 Å². The molecule has 3 rings (SSSR count). The highest BCUT2D eigenvalue weighted by Crippen LogP contribution is 2.49. The molecule has 1 aliphatic heterocycles. The van der Waals surface area contributed by atoms with Crippen LogP contribution in [0.15, 0.2) is 35.0 Å². The van der Waals surface area contributed by atoms with Gasteiger partial charge < -0.3 is 19.8 Å². The number of nitrogens with one attached hydrogen (secondary N) is 1. The van der Waals surface area contributed by atoms with Gasteiger partial charge in [-0.25, -0.2) is 0 Å². The van der Waals surface area contributed by atoms with E-state index in [4.69, 9.17) is 4.52 Å². The number of nitrogens with zero attached hydrogens (tertiary/aromatic N) is 2. The first-order valence-electron chi connectivity index (χ1n) is 7.13. The minimum atomic E-state index is -0.425. The lowest BCUT2D eigenvalue weighted by Gasteiger charge is -2.37. The molecule has 0 spiro atoms. The summed E-state index contributed by atoms with van der Waals surface area (Å²) in [6.07, 6.45) is 1.76. The Morgan fingerprint density at radius 3 is 2.76 bits per heavy atom. The van der Waals surface area contributed by atoms with Crippen LogP contribution in [0.2, 0.25) is 0 Å². The van der Waals surface area contributed by atoms with Gasteiger partial charge in [-0.3, -0.25) is 0 Å². The molecule has 0 amide bonds. The maximum atomic E-state index is 10.0. The lowest BCUT2D eigenvalue weighted by atomic mass is 9.77. The number of fused-ring (bicyclic) bond motifs is 1. The fourth-order valence-electron chi connectivity index (χ4n) is 3.48. The Morgan fingerprint density at radius 2 is 2.14 bits per heavy atom. The van der Waals surface area contributed by atoms with Crippen molar-refractivity contribution in [2.24, 2.45) is 0 Å². The first-order valence-corrected chi connectivity index (χ1v) is 7.13. The molecule has 0 bridgehead atoms. The standard InChI is InChI=1S/C16H21N3O2/c1-11-13(8-17-21-11)16(10-19(2)3)14(9-20)12-6-4-5-7-15(12)18-16/h4-8,14,18,20H,9-10H2,1-3H3. The first-order chi connectivity index (χ1) is 10.1. The van der Waals surface area contributed by atoms with Gasteiger partial charge in [0.1, 0.15) is 5.76 Å². The zero-order chi connectivity index (χ0) is 15.0. The molecule has 2 N–H and O–H groups in total. The van der Waals surface area contributed by atoms with Crippen LogP contribution in [0.3, 0.4) is 0 Å². The molecule has 0 saturated heterocycles. The number of anilines is 1. The molecule has 2 unspecified atom stereocenters. The largest absolute Gasteiger partial charge is 0.396 e. The van der Waals surface area contributed by atoms with E-state index >= 15 is 0 Å². The number of aliphatic hydroxyl groups excluding tert-OH is 1. The van der Waals surface area contributed by atoms with Gasteiger partial charge in [0.05, 0.1) is 18.3 Å². The average Bonchev–Trinajstić information content (AvgIpc) is 2.99. The molecule has 5 heteroatoms. The van der Waals surface area contributed by atoms with Crippen LogP contribution in [0.5, 0.6) is 0 Å². The molecule has 0 fully saturated rings. The van der Waals surface area contributed by atoms with Crippen LogP contribution in [-0.2, 0) is 5.54 Å². The maximum absolute atomic E-state index is 10.0. The first kappa shape index (κ1) is 14.1. The molecule has 1 aliphatic rings. The quantitative estimate of drug-likeness (QED) is 0.900. The molecule has 2 aromatic rings. The number of aromatic nitrogens is 1. The summed E-state index contributed by atoms with van der Waals surface area (Å²) in [6.45, 7) is 2.73. The van der Waals surface area contributed by atoms with Gasteiger partial charge in [0.25, 0.3) is 0 Å². The number of hydrogen-bond donors (Lipinski definition) is 2. The number of aryl methyl sites for hydroxylation is 1. The highest BCUT2D eigenvalue weighted by atomic mass is 16.5. The molecule has 2 atom stereocenters. The Labute approximate surface area is 124 Å². The van der Waals surface area contributed by atoms with Crippen LogP contribution in [0.1, 0.15) is 22.8 Å². The van der Waals surface area contributed by atoms with E-state index in [1.807, 2.05) is 33.2 Å². The summed E-state index contributed by atoms with van der Waals surface area (Å²) in [5.74, 6) is 0.754. The van der Waals surface area contributed by atoms with E-state index in [9.17, 15) is 5.11 Å². The Hall–Kier alpha value is -1.85. The summed E-state index contributed by atoms with van der Waals surface area (Å²) < 4.78 is 5.29. The summed E-state index contributed by atoms with van der Waals surface area (Å²) in [4.78, 5) is 2.12. The van der Waals surface area contributed by atoms with Gasteiger partial charge in [0.15, 0.2) is 0 Å². The van der Waals surface area contributed by atoms with Crippen molar-refractivity contribution in [2.45, 2.75) is 18.4 Å². The summed E-state index contributed by atoms with van der Waals surface area (Å²) in [7, 11) is 4.06. The minimum absolute atomic E-state index is 0.0331. The van der Waals surface area contributed by atoms with Crippen LogP contribution in [0.25, 0.3) is 0 Å². The van der Waals surface area contributed by atoms with E-state index in [1.54, 1.807) is 6.20 Å². The molecular formula is C16H21N3O2. The van der Waals surface area contributed by atoms with Crippen molar-refractivity contribution < 1.29 is 9.63 Å². The van der Waals surface area contributed by atoms with Crippen molar-refractivity contribution >= 4 is 5.69 Å². The van der Waals surface area contributed by atoms with Gasteiger partial charge in [0.2, 0.25) is 0 Å². The highest BCUT2D eigenvalue weighted by molar-refractivity contribution is 5.64. The van der Waals surface area contributed by atoms with Crippen LogP contribution in [-0.4, -0.2) is 42.4 Å². The Morgan fingerprint density at radius 1 is 1.38 bits per heavy atom. The smallest absolute Gasteiger partial charge is 0.139 e. The second-order valence-corrected chi connectivity index (χ2v) is 5.95. The molecular weight excluding hydrogens is 266 g/mol. The van der Waals surface area contributed by atoms with E-state index in [2.05, 4.69) is 27.5 Å². The fraction of sp³-hybridized carbons (Fsp3) is 0.438. The number of likely N-dealkylation sites (N-methyl/N-ethyl adjacent to an activating group) is 1. The van der Waals surface area contributed by atoms with E-state index in [0.717, 1.165) is 29.1 Å². The third-order valence-corrected chi connectivity index (χ3v) is 4.27.